The van der Waals surface area contributed by atoms with E-state index in [2.05, 4.69) is 0 Å². The SMILES string of the molecule is O=C(CC[C@@]1(c2ccc(OCc3ccccc3)cc2)CN(c2ccc(F)cc2)C1=O)c1ccc(F)cc1. The zero-order chi connectivity index (χ0) is 25.8. The molecule has 1 aliphatic heterocycles. The van der Waals surface area contributed by atoms with Gasteiger partial charge in [-0.25, -0.2) is 8.78 Å². The molecule has 37 heavy (non-hydrogen) atoms. The Bertz CT molecular complexity index is 1390. The lowest BCUT2D eigenvalue weighted by molar-refractivity contribution is -0.129. The van der Waals surface area contributed by atoms with Crippen molar-refractivity contribution in [1.82, 2.24) is 0 Å². The Morgan fingerprint density at radius 1 is 0.811 bits per heavy atom. The van der Waals surface area contributed by atoms with Crippen molar-refractivity contribution in [2.75, 3.05) is 11.4 Å². The minimum absolute atomic E-state index is 0.126. The molecule has 1 amide bonds. The largest absolute Gasteiger partial charge is 0.489 e. The number of nitrogens with zero attached hydrogens (tertiary/aromatic N) is 1. The molecule has 0 N–H and O–H groups in total. The third kappa shape index (κ3) is 5.14. The first kappa shape index (κ1) is 24.4. The highest BCUT2D eigenvalue weighted by Gasteiger charge is 2.53. The molecule has 186 valence electrons. The van der Waals surface area contributed by atoms with Crippen LogP contribution in [0.3, 0.4) is 0 Å². The van der Waals surface area contributed by atoms with Crippen LogP contribution in [-0.2, 0) is 16.8 Å². The van der Waals surface area contributed by atoms with E-state index < -0.39 is 11.2 Å². The van der Waals surface area contributed by atoms with Crippen LogP contribution in [0, 0.1) is 11.6 Å². The number of halogens is 2. The maximum absolute atomic E-state index is 13.6. The maximum Gasteiger partial charge on any atom is 0.239 e. The maximum atomic E-state index is 13.6. The third-order valence-corrected chi connectivity index (χ3v) is 6.82. The van der Waals surface area contributed by atoms with Crippen molar-refractivity contribution in [1.29, 1.82) is 0 Å². The van der Waals surface area contributed by atoms with E-state index in [1.54, 1.807) is 17.0 Å². The molecular weight excluding hydrogens is 472 g/mol. The van der Waals surface area contributed by atoms with Gasteiger partial charge in [0.2, 0.25) is 5.91 Å². The van der Waals surface area contributed by atoms with Crippen LogP contribution in [-0.4, -0.2) is 18.2 Å². The number of ketones is 1. The van der Waals surface area contributed by atoms with Gasteiger partial charge in [0.15, 0.2) is 5.78 Å². The topological polar surface area (TPSA) is 46.6 Å². The Morgan fingerprint density at radius 3 is 2.05 bits per heavy atom. The Morgan fingerprint density at radius 2 is 1.43 bits per heavy atom. The van der Waals surface area contributed by atoms with Crippen LogP contribution in [0.2, 0.25) is 0 Å². The van der Waals surface area contributed by atoms with Gasteiger partial charge < -0.3 is 9.64 Å². The molecule has 4 aromatic rings. The van der Waals surface area contributed by atoms with Crippen LogP contribution < -0.4 is 9.64 Å². The molecule has 1 saturated heterocycles. The van der Waals surface area contributed by atoms with E-state index in [0.717, 1.165) is 11.1 Å². The molecule has 0 aliphatic carbocycles. The second-order valence-electron chi connectivity index (χ2n) is 9.18. The van der Waals surface area contributed by atoms with E-state index in [-0.39, 0.29) is 23.9 Å². The van der Waals surface area contributed by atoms with Crippen LogP contribution in [0.1, 0.15) is 34.3 Å². The number of hydrogen-bond acceptors (Lipinski definition) is 3. The van der Waals surface area contributed by atoms with E-state index in [1.165, 1.54) is 36.4 Å². The molecule has 0 bridgehead atoms. The minimum atomic E-state index is -0.901. The number of benzene rings is 4. The summed E-state index contributed by atoms with van der Waals surface area (Å²) in [5.74, 6) is -0.419. The van der Waals surface area contributed by atoms with E-state index in [1.807, 2.05) is 54.6 Å². The number of rotatable bonds is 9. The molecule has 5 rings (SSSR count). The first-order valence-electron chi connectivity index (χ1n) is 12.1. The fourth-order valence-corrected chi connectivity index (χ4v) is 4.67. The molecule has 0 aromatic heterocycles. The Hall–Kier alpha value is -4.32. The van der Waals surface area contributed by atoms with Gasteiger partial charge in [-0.2, -0.15) is 0 Å². The van der Waals surface area contributed by atoms with Crippen LogP contribution in [0.5, 0.6) is 5.75 Å². The second-order valence-corrected chi connectivity index (χ2v) is 9.18. The zero-order valence-electron chi connectivity index (χ0n) is 20.1. The number of ether oxygens (including phenoxy) is 1. The lowest BCUT2D eigenvalue weighted by atomic mass is 9.69. The number of amides is 1. The van der Waals surface area contributed by atoms with Crippen molar-refractivity contribution in [3.05, 3.63) is 131 Å². The number of β-lactam (4-membered cyclic amide) rings is 1. The van der Waals surface area contributed by atoms with Crippen LogP contribution in [0.4, 0.5) is 14.5 Å². The quantitative estimate of drug-likeness (QED) is 0.196. The van der Waals surface area contributed by atoms with Gasteiger partial charge in [-0.05, 0) is 78.2 Å². The van der Waals surface area contributed by atoms with Gasteiger partial charge >= 0.3 is 0 Å². The van der Waals surface area contributed by atoms with Crippen molar-refractivity contribution in [2.45, 2.75) is 24.9 Å². The predicted octanol–water partition coefficient (Wildman–Crippen LogP) is 6.49. The van der Waals surface area contributed by atoms with E-state index in [4.69, 9.17) is 4.74 Å². The highest BCUT2D eigenvalue weighted by Crippen LogP contribution is 2.43. The molecule has 1 atom stereocenters. The summed E-state index contributed by atoms with van der Waals surface area (Å²) in [4.78, 5) is 28.0. The molecule has 0 radical (unpaired) electrons. The number of anilines is 1. The van der Waals surface area contributed by atoms with Crippen LogP contribution in [0.15, 0.2) is 103 Å². The fourth-order valence-electron chi connectivity index (χ4n) is 4.67. The highest BCUT2D eigenvalue weighted by atomic mass is 19.1. The van der Waals surface area contributed by atoms with Crippen molar-refractivity contribution in [3.8, 4) is 5.75 Å². The number of hydrogen-bond donors (Lipinski definition) is 0. The standard InChI is InChI=1S/C31H25F2NO3/c32-25-10-6-23(7-11-25)29(35)18-19-31(21-34(30(31)36)27-14-12-26(33)13-15-27)24-8-16-28(17-9-24)37-20-22-4-2-1-3-5-22/h1-17H,18-21H2/t31-/m0/s1. The van der Waals surface area contributed by atoms with Gasteiger partial charge in [0.05, 0.1) is 5.41 Å². The van der Waals surface area contributed by atoms with E-state index in [9.17, 15) is 18.4 Å². The van der Waals surface area contributed by atoms with Gasteiger partial charge in [-0.3, -0.25) is 9.59 Å². The van der Waals surface area contributed by atoms with Gasteiger partial charge in [0, 0.05) is 24.2 Å². The molecule has 4 aromatic carbocycles. The first-order valence-corrected chi connectivity index (χ1v) is 12.1. The van der Waals surface area contributed by atoms with Crippen molar-refractivity contribution >= 4 is 17.4 Å². The lowest BCUT2D eigenvalue weighted by Gasteiger charge is -2.49. The van der Waals surface area contributed by atoms with Gasteiger partial charge in [-0.1, -0.05) is 42.5 Å². The molecule has 0 spiro atoms. The summed E-state index contributed by atoms with van der Waals surface area (Å²) in [6, 6.07) is 28.4. The van der Waals surface area contributed by atoms with Gasteiger partial charge in [0.25, 0.3) is 0 Å². The second kappa shape index (κ2) is 10.3. The average molecular weight is 498 g/mol. The summed E-state index contributed by atoms with van der Waals surface area (Å²) >= 11 is 0. The normalized spacial score (nSPS) is 16.8. The van der Waals surface area contributed by atoms with E-state index >= 15 is 0 Å². The summed E-state index contributed by atoms with van der Waals surface area (Å²) in [6.07, 6.45) is 0.421. The Balaban J connectivity index is 1.35. The molecule has 1 fully saturated rings. The minimum Gasteiger partial charge on any atom is -0.489 e. The summed E-state index contributed by atoms with van der Waals surface area (Å²) in [5.41, 5.74) is 1.95. The van der Waals surface area contributed by atoms with Gasteiger partial charge in [0.1, 0.15) is 24.0 Å². The van der Waals surface area contributed by atoms with E-state index in [0.29, 0.717) is 36.6 Å². The molecule has 1 heterocycles. The molecule has 0 unspecified atom stereocenters. The summed E-state index contributed by atoms with van der Waals surface area (Å²) in [6.45, 7) is 0.785. The smallest absolute Gasteiger partial charge is 0.239 e. The molecule has 4 nitrogen and oxygen atoms in total. The summed E-state index contributed by atoms with van der Waals surface area (Å²) < 4.78 is 32.6. The van der Waals surface area contributed by atoms with Crippen molar-refractivity contribution < 1.29 is 23.1 Å². The molecule has 0 saturated carbocycles. The number of carbonyl (C=O) groups is 2. The monoisotopic (exact) mass is 497 g/mol. The first-order chi connectivity index (χ1) is 17.9. The molecular formula is C31H25F2NO3. The molecule has 6 heteroatoms. The lowest BCUT2D eigenvalue weighted by Crippen LogP contribution is -2.64. The van der Waals surface area contributed by atoms with Crippen molar-refractivity contribution in [3.63, 3.8) is 0 Å². The number of Topliss-reactive ketones (excluding diaryl/α,β-unsaturated/α-hetero) is 1. The summed E-state index contributed by atoms with van der Waals surface area (Å²) in [5, 5.41) is 0. The van der Waals surface area contributed by atoms with Crippen molar-refractivity contribution in [2.24, 2.45) is 0 Å². The zero-order valence-corrected chi connectivity index (χ0v) is 20.1. The van der Waals surface area contributed by atoms with Crippen LogP contribution >= 0.6 is 0 Å². The predicted molar refractivity (Wildman–Crippen MR) is 138 cm³/mol. The average Bonchev–Trinajstić information content (AvgIpc) is 2.93. The Labute approximate surface area is 214 Å². The molecule has 1 aliphatic rings. The summed E-state index contributed by atoms with van der Waals surface area (Å²) in [7, 11) is 0. The van der Waals surface area contributed by atoms with Crippen LogP contribution in [0.25, 0.3) is 0 Å². The number of carbonyl (C=O) groups excluding carboxylic acids is 2. The Kier molecular flexibility index (Phi) is 6.82. The third-order valence-electron chi connectivity index (χ3n) is 6.82. The fraction of sp³-hybridized carbons (Fsp3) is 0.161. The highest BCUT2D eigenvalue weighted by molar-refractivity contribution is 6.09. The van der Waals surface area contributed by atoms with Gasteiger partial charge in [-0.15, -0.1) is 0 Å².